The molecular weight excluding hydrogens is 304 g/mol. The Labute approximate surface area is 131 Å². The third-order valence-electron chi connectivity index (χ3n) is 3.54. The molecule has 3 rings (SSSR count). The van der Waals surface area contributed by atoms with Crippen LogP contribution in [0.1, 0.15) is 6.23 Å². The van der Waals surface area contributed by atoms with E-state index in [1.54, 1.807) is 11.2 Å². The van der Waals surface area contributed by atoms with Gasteiger partial charge in [-0.2, -0.15) is 0 Å². The van der Waals surface area contributed by atoms with Crippen molar-refractivity contribution in [2.45, 2.75) is 24.5 Å². The average molecular weight is 322 g/mol. The molecule has 0 radical (unpaired) electrons. The quantitative estimate of drug-likeness (QED) is 0.466. The minimum atomic E-state index is -1.20. The molecule has 0 aromatic carbocycles. The van der Waals surface area contributed by atoms with Crippen LogP contribution in [0.25, 0.3) is 11.2 Å². The third kappa shape index (κ3) is 2.77. The zero-order valence-corrected chi connectivity index (χ0v) is 12.7. The number of aliphatic imine (C=N–C) groups is 1. The highest BCUT2D eigenvalue weighted by Gasteiger charge is 2.43. The molecule has 23 heavy (non-hydrogen) atoms. The Morgan fingerprint density at radius 2 is 2.09 bits per heavy atom. The highest BCUT2D eigenvalue weighted by atomic mass is 16.6. The Hall–Kier alpha value is -2.14. The molecular formula is C13H18N6O4. The van der Waals surface area contributed by atoms with Crippen LogP contribution in [0.3, 0.4) is 0 Å². The van der Waals surface area contributed by atoms with Gasteiger partial charge in [-0.15, -0.1) is 0 Å². The molecule has 1 aliphatic heterocycles. The van der Waals surface area contributed by atoms with Gasteiger partial charge in [-0.1, -0.05) is 0 Å². The molecule has 1 saturated heterocycles. The van der Waals surface area contributed by atoms with Gasteiger partial charge in [-0.05, 0) is 0 Å². The zero-order valence-electron chi connectivity index (χ0n) is 12.7. The van der Waals surface area contributed by atoms with Crippen molar-refractivity contribution >= 4 is 23.3 Å². The number of nitrogens with zero attached hydrogens (tertiary/aromatic N) is 6. The van der Waals surface area contributed by atoms with Crippen molar-refractivity contribution in [3.05, 3.63) is 12.7 Å². The molecule has 0 spiro atoms. The summed E-state index contributed by atoms with van der Waals surface area (Å²) in [4.78, 5) is 18.4. The number of aliphatic hydroxyl groups excluding tert-OH is 3. The summed E-state index contributed by atoms with van der Waals surface area (Å²) in [5, 5.41) is 29.2. The van der Waals surface area contributed by atoms with Gasteiger partial charge in [0.1, 0.15) is 24.6 Å². The van der Waals surface area contributed by atoms with Crippen LogP contribution in [0.4, 0.5) is 5.82 Å². The maximum atomic E-state index is 10.1. The Balaban J connectivity index is 1.99. The van der Waals surface area contributed by atoms with Crippen molar-refractivity contribution in [1.82, 2.24) is 24.4 Å². The number of fused-ring (bicyclic) bond motifs is 1. The van der Waals surface area contributed by atoms with Gasteiger partial charge >= 0.3 is 0 Å². The molecule has 0 bridgehead atoms. The second kappa shape index (κ2) is 6.16. The lowest BCUT2D eigenvalue weighted by Crippen LogP contribution is -2.33. The predicted octanol–water partition coefficient (Wildman–Crippen LogP) is -1.34. The topological polar surface area (TPSA) is 129 Å². The van der Waals surface area contributed by atoms with Gasteiger partial charge in [0.05, 0.1) is 19.3 Å². The summed E-state index contributed by atoms with van der Waals surface area (Å²) in [6, 6.07) is 0. The van der Waals surface area contributed by atoms with Gasteiger partial charge in [-0.3, -0.25) is 4.57 Å². The Morgan fingerprint density at radius 3 is 2.74 bits per heavy atom. The molecule has 10 heteroatoms. The Bertz CT molecular complexity index is 718. The summed E-state index contributed by atoms with van der Waals surface area (Å²) in [5.41, 5.74) is 0.865. The Morgan fingerprint density at radius 1 is 1.30 bits per heavy atom. The van der Waals surface area contributed by atoms with E-state index in [9.17, 15) is 15.3 Å². The summed E-state index contributed by atoms with van der Waals surface area (Å²) in [6.07, 6.45) is 0.225. The number of aromatic nitrogens is 4. The van der Waals surface area contributed by atoms with Gasteiger partial charge in [-0.25, -0.2) is 19.9 Å². The van der Waals surface area contributed by atoms with Gasteiger partial charge in [0.25, 0.3) is 0 Å². The van der Waals surface area contributed by atoms with Crippen molar-refractivity contribution in [3.8, 4) is 0 Å². The minimum absolute atomic E-state index is 0.384. The molecule has 2 aromatic heterocycles. The van der Waals surface area contributed by atoms with Crippen LogP contribution >= 0.6 is 0 Å². The van der Waals surface area contributed by atoms with Crippen LogP contribution < -0.4 is 0 Å². The summed E-state index contributed by atoms with van der Waals surface area (Å²) in [7, 11) is 3.67. The lowest BCUT2D eigenvalue weighted by molar-refractivity contribution is -0.0511. The number of rotatable bonds is 4. The monoisotopic (exact) mass is 322 g/mol. The molecule has 3 heterocycles. The van der Waals surface area contributed by atoms with Crippen LogP contribution in [-0.4, -0.2) is 85.1 Å². The minimum Gasteiger partial charge on any atom is -0.394 e. The van der Waals surface area contributed by atoms with E-state index in [2.05, 4.69) is 19.9 Å². The fourth-order valence-electron chi connectivity index (χ4n) is 2.40. The van der Waals surface area contributed by atoms with Gasteiger partial charge in [0.15, 0.2) is 23.2 Å². The molecule has 1 aliphatic rings. The van der Waals surface area contributed by atoms with Crippen molar-refractivity contribution in [1.29, 1.82) is 0 Å². The summed E-state index contributed by atoms with van der Waals surface area (Å²) < 4.78 is 6.99. The summed E-state index contributed by atoms with van der Waals surface area (Å²) in [5.74, 6) is 0.384. The predicted molar refractivity (Wildman–Crippen MR) is 80.2 cm³/mol. The van der Waals surface area contributed by atoms with Crippen LogP contribution in [-0.2, 0) is 4.74 Å². The fraction of sp³-hybridized carbons (Fsp3) is 0.538. The number of ether oxygens (including phenoxy) is 1. The van der Waals surface area contributed by atoms with Crippen LogP contribution in [0.5, 0.6) is 0 Å². The van der Waals surface area contributed by atoms with E-state index in [1.807, 2.05) is 14.1 Å². The lowest BCUT2D eigenvalue weighted by Gasteiger charge is -2.16. The van der Waals surface area contributed by atoms with Crippen molar-refractivity contribution in [2.24, 2.45) is 4.99 Å². The highest BCUT2D eigenvalue weighted by molar-refractivity contribution is 5.82. The van der Waals surface area contributed by atoms with Crippen LogP contribution in [0.2, 0.25) is 0 Å². The van der Waals surface area contributed by atoms with Crippen LogP contribution in [0.15, 0.2) is 17.6 Å². The standard InChI is InChI=1S/C13H18N6O4/c1-18(2)5-17-11-8-12(15-4-14-11)19(6-16-8)13-10(22)9(21)7(3-20)23-13/h4-7,9-10,13,20-22H,3H2,1-2H3/t7-,9-,10+,13-/m1/s1. The Kier molecular flexibility index (Phi) is 4.22. The van der Waals surface area contributed by atoms with E-state index >= 15 is 0 Å². The molecule has 1 fully saturated rings. The largest absolute Gasteiger partial charge is 0.394 e. The number of hydrogen-bond acceptors (Lipinski definition) is 8. The normalized spacial score (nSPS) is 28.0. The van der Waals surface area contributed by atoms with Crippen LogP contribution in [0, 0.1) is 0 Å². The van der Waals surface area contributed by atoms with Gasteiger partial charge < -0.3 is 25.0 Å². The summed E-state index contributed by atoms with van der Waals surface area (Å²) >= 11 is 0. The molecule has 10 nitrogen and oxygen atoms in total. The highest BCUT2D eigenvalue weighted by Crippen LogP contribution is 2.32. The first-order chi connectivity index (χ1) is 11.0. The molecule has 0 unspecified atom stereocenters. The van der Waals surface area contributed by atoms with Gasteiger partial charge in [0, 0.05) is 14.1 Å². The van der Waals surface area contributed by atoms with Crippen molar-refractivity contribution in [2.75, 3.05) is 20.7 Å². The van der Waals surface area contributed by atoms with Crippen molar-refractivity contribution < 1.29 is 20.1 Å². The number of hydrogen-bond donors (Lipinski definition) is 3. The number of imidazole rings is 1. The number of aliphatic hydroxyl groups is 3. The molecule has 3 N–H and O–H groups in total. The molecule has 4 atom stereocenters. The molecule has 0 amide bonds. The fourth-order valence-corrected chi connectivity index (χ4v) is 2.40. The smallest absolute Gasteiger partial charge is 0.184 e. The van der Waals surface area contributed by atoms with E-state index in [4.69, 9.17) is 4.74 Å². The molecule has 124 valence electrons. The van der Waals surface area contributed by atoms with E-state index in [0.717, 1.165) is 0 Å². The molecule has 0 aliphatic carbocycles. The first-order valence-electron chi connectivity index (χ1n) is 7.03. The van der Waals surface area contributed by atoms with E-state index in [1.165, 1.54) is 17.2 Å². The van der Waals surface area contributed by atoms with E-state index in [-0.39, 0.29) is 0 Å². The third-order valence-corrected chi connectivity index (χ3v) is 3.54. The van der Waals surface area contributed by atoms with E-state index in [0.29, 0.717) is 17.0 Å². The maximum Gasteiger partial charge on any atom is 0.184 e. The maximum absolute atomic E-state index is 10.1. The lowest BCUT2D eigenvalue weighted by atomic mass is 10.1. The first-order valence-corrected chi connectivity index (χ1v) is 7.03. The second-order valence-electron chi connectivity index (χ2n) is 5.46. The SMILES string of the molecule is CN(C)C=Nc1ncnc2c1ncn2[C@@H]1O[C@H](CO)[C@@H](O)[C@@H]1O. The van der Waals surface area contributed by atoms with Crippen molar-refractivity contribution in [3.63, 3.8) is 0 Å². The molecule has 0 saturated carbocycles. The first kappa shape index (κ1) is 15.7. The van der Waals surface area contributed by atoms with E-state index < -0.39 is 31.1 Å². The average Bonchev–Trinajstić information content (AvgIpc) is 3.08. The summed E-state index contributed by atoms with van der Waals surface area (Å²) in [6.45, 7) is -0.394. The zero-order chi connectivity index (χ0) is 16.6. The second-order valence-corrected chi connectivity index (χ2v) is 5.46. The molecule has 2 aromatic rings. The van der Waals surface area contributed by atoms with Gasteiger partial charge in [0.2, 0.25) is 0 Å².